The Kier molecular flexibility index (Phi) is 8.79. The smallest absolute Gasteiger partial charge is 0.318 e. The van der Waals surface area contributed by atoms with Crippen molar-refractivity contribution in [3.05, 3.63) is 65.4 Å². The number of amides is 1. The highest BCUT2D eigenvalue weighted by Gasteiger charge is 2.46. The van der Waals surface area contributed by atoms with Gasteiger partial charge in [-0.15, -0.1) is 0 Å². The number of morpholine rings is 1. The molecular formula is C31H40N6O4. The van der Waals surface area contributed by atoms with Gasteiger partial charge in [-0.3, -0.25) is 19.5 Å². The van der Waals surface area contributed by atoms with Crippen LogP contribution in [0.15, 0.2) is 42.9 Å². The number of carbonyl (C=O) groups is 2. The highest BCUT2D eigenvalue weighted by molar-refractivity contribution is 6.04. The Morgan fingerprint density at radius 2 is 1.83 bits per heavy atom. The Bertz CT molecular complexity index is 1340. The van der Waals surface area contributed by atoms with E-state index in [4.69, 9.17) is 9.47 Å². The molecule has 41 heavy (non-hydrogen) atoms. The topological polar surface area (TPSA) is 111 Å². The van der Waals surface area contributed by atoms with Gasteiger partial charge in [0.2, 0.25) is 0 Å². The van der Waals surface area contributed by atoms with E-state index in [-0.39, 0.29) is 11.9 Å². The molecule has 4 heterocycles. The van der Waals surface area contributed by atoms with Crippen molar-refractivity contribution in [1.29, 1.82) is 0 Å². The Morgan fingerprint density at radius 3 is 2.44 bits per heavy atom. The number of aromatic nitrogens is 4. The maximum atomic E-state index is 13.3. The predicted molar refractivity (Wildman–Crippen MR) is 155 cm³/mol. The number of anilines is 1. The highest BCUT2D eigenvalue weighted by atomic mass is 16.5. The van der Waals surface area contributed by atoms with Gasteiger partial charge in [-0.2, -0.15) is 5.10 Å². The molecule has 2 fully saturated rings. The summed E-state index contributed by atoms with van der Waals surface area (Å²) in [7, 11) is 0. The summed E-state index contributed by atoms with van der Waals surface area (Å²) in [4.78, 5) is 38.1. The van der Waals surface area contributed by atoms with Crippen LogP contribution in [-0.4, -0.2) is 75.5 Å². The first-order valence-electron chi connectivity index (χ1n) is 14.6. The molecule has 1 saturated heterocycles. The van der Waals surface area contributed by atoms with Gasteiger partial charge in [0.1, 0.15) is 5.41 Å². The van der Waals surface area contributed by atoms with Crippen molar-refractivity contribution in [1.82, 2.24) is 24.6 Å². The number of ether oxygens (including phenoxy) is 2. The second-order valence-corrected chi connectivity index (χ2v) is 11.2. The SMILES string of the molecule is CCOC(=O)C1(c2ccc(NC(=O)c3cnn(-c4ccc(C(C)C)cn4)c3C)cn2)CCC(N2CCOCC2)CC1. The van der Waals surface area contributed by atoms with E-state index in [1.807, 2.05) is 38.2 Å². The van der Waals surface area contributed by atoms with E-state index in [9.17, 15) is 9.59 Å². The Hall–Kier alpha value is -3.63. The first kappa shape index (κ1) is 28.9. The van der Waals surface area contributed by atoms with E-state index >= 15 is 0 Å². The second-order valence-electron chi connectivity index (χ2n) is 11.2. The number of nitrogens with zero attached hydrogens (tertiary/aromatic N) is 5. The zero-order valence-corrected chi connectivity index (χ0v) is 24.4. The van der Waals surface area contributed by atoms with Crippen molar-refractivity contribution in [2.75, 3.05) is 38.2 Å². The van der Waals surface area contributed by atoms with Crippen LogP contribution in [0.5, 0.6) is 0 Å². The molecule has 0 bridgehead atoms. The van der Waals surface area contributed by atoms with Gasteiger partial charge in [0.05, 0.1) is 54.9 Å². The lowest BCUT2D eigenvalue weighted by Gasteiger charge is -2.42. The summed E-state index contributed by atoms with van der Waals surface area (Å²) in [5.74, 6) is 0.537. The van der Waals surface area contributed by atoms with Crippen LogP contribution in [0.3, 0.4) is 0 Å². The normalized spacial score (nSPS) is 21.5. The Balaban J connectivity index is 1.29. The van der Waals surface area contributed by atoms with E-state index in [1.54, 1.807) is 23.1 Å². The van der Waals surface area contributed by atoms with Gasteiger partial charge in [-0.1, -0.05) is 19.9 Å². The molecule has 0 unspecified atom stereocenters. The molecule has 5 rings (SSSR count). The van der Waals surface area contributed by atoms with Gasteiger partial charge in [0, 0.05) is 25.3 Å². The molecule has 1 amide bonds. The molecule has 2 aliphatic rings. The molecule has 10 nitrogen and oxygen atoms in total. The van der Waals surface area contributed by atoms with Crippen molar-refractivity contribution in [3.8, 4) is 5.82 Å². The van der Waals surface area contributed by atoms with Crippen LogP contribution in [0.25, 0.3) is 5.82 Å². The molecule has 1 saturated carbocycles. The quantitative estimate of drug-likeness (QED) is 0.403. The van der Waals surface area contributed by atoms with Gasteiger partial charge in [0.25, 0.3) is 5.91 Å². The molecule has 218 valence electrons. The number of nitrogens with one attached hydrogen (secondary N) is 1. The van der Waals surface area contributed by atoms with E-state index in [2.05, 4.69) is 39.1 Å². The average Bonchev–Trinajstić information content (AvgIpc) is 3.39. The lowest BCUT2D eigenvalue weighted by atomic mass is 9.69. The van der Waals surface area contributed by atoms with Crippen LogP contribution in [-0.2, 0) is 19.7 Å². The summed E-state index contributed by atoms with van der Waals surface area (Å²) < 4.78 is 12.7. The maximum Gasteiger partial charge on any atom is 0.318 e. The van der Waals surface area contributed by atoms with Gasteiger partial charge >= 0.3 is 5.97 Å². The molecule has 1 aliphatic carbocycles. The first-order valence-corrected chi connectivity index (χ1v) is 14.6. The molecule has 0 atom stereocenters. The average molecular weight is 561 g/mol. The van der Waals surface area contributed by atoms with Crippen molar-refractivity contribution < 1.29 is 19.1 Å². The van der Waals surface area contributed by atoms with Gasteiger partial charge in [0.15, 0.2) is 5.82 Å². The fourth-order valence-electron chi connectivity index (χ4n) is 5.91. The second kappa shape index (κ2) is 12.5. The number of carbonyl (C=O) groups excluding carboxylic acids is 2. The lowest BCUT2D eigenvalue weighted by Crippen LogP contribution is -2.49. The Morgan fingerprint density at radius 1 is 1.07 bits per heavy atom. The molecule has 0 spiro atoms. The summed E-state index contributed by atoms with van der Waals surface area (Å²) in [5.41, 5.74) is 2.74. The van der Waals surface area contributed by atoms with Crippen molar-refractivity contribution in [2.45, 2.75) is 70.8 Å². The van der Waals surface area contributed by atoms with E-state index in [0.717, 1.165) is 44.7 Å². The molecule has 3 aromatic heterocycles. The number of rotatable bonds is 8. The van der Waals surface area contributed by atoms with E-state index in [0.29, 0.717) is 59.9 Å². The maximum absolute atomic E-state index is 13.3. The van der Waals surface area contributed by atoms with Crippen LogP contribution in [0.1, 0.15) is 79.7 Å². The standard InChI is InChI=1S/C31H40N6O4/c1-5-41-30(39)31(12-10-25(11-13-31)36-14-16-40-17-15-36)27-8-7-24(19-32-27)35-29(38)26-20-34-37(22(26)4)28-9-6-23(18-33-28)21(2)3/h6-9,18-21,25H,5,10-17H2,1-4H3,(H,35,38). The third-order valence-electron chi connectivity index (χ3n) is 8.46. The summed E-state index contributed by atoms with van der Waals surface area (Å²) in [6.45, 7) is 11.6. The van der Waals surface area contributed by atoms with Crippen molar-refractivity contribution in [2.24, 2.45) is 0 Å². The number of esters is 1. The van der Waals surface area contributed by atoms with Crippen molar-refractivity contribution in [3.63, 3.8) is 0 Å². The van der Waals surface area contributed by atoms with Crippen LogP contribution < -0.4 is 5.32 Å². The van der Waals surface area contributed by atoms with Crippen LogP contribution in [0, 0.1) is 6.92 Å². The zero-order valence-electron chi connectivity index (χ0n) is 24.4. The number of pyridine rings is 2. The minimum atomic E-state index is -0.781. The lowest BCUT2D eigenvalue weighted by molar-refractivity contribution is -0.152. The molecule has 0 radical (unpaired) electrons. The minimum Gasteiger partial charge on any atom is -0.465 e. The highest BCUT2D eigenvalue weighted by Crippen LogP contribution is 2.41. The molecular weight excluding hydrogens is 520 g/mol. The van der Waals surface area contributed by atoms with Crippen LogP contribution >= 0.6 is 0 Å². The summed E-state index contributed by atoms with van der Waals surface area (Å²) in [6.07, 6.45) is 8.16. The van der Waals surface area contributed by atoms with Gasteiger partial charge in [-0.05, 0) is 69.2 Å². The predicted octanol–water partition coefficient (Wildman–Crippen LogP) is 4.42. The molecule has 1 N–H and O–H groups in total. The zero-order chi connectivity index (χ0) is 29.0. The Labute approximate surface area is 241 Å². The fraction of sp³-hybridized carbons (Fsp3) is 0.516. The first-order chi connectivity index (χ1) is 19.8. The largest absolute Gasteiger partial charge is 0.465 e. The summed E-state index contributed by atoms with van der Waals surface area (Å²) in [5, 5.41) is 7.33. The van der Waals surface area contributed by atoms with Gasteiger partial charge < -0.3 is 14.8 Å². The van der Waals surface area contributed by atoms with Crippen molar-refractivity contribution >= 4 is 17.6 Å². The third-order valence-corrected chi connectivity index (χ3v) is 8.46. The number of hydrogen-bond acceptors (Lipinski definition) is 8. The van der Waals surface area contributed by atoms with Crippen LogP contribution in [0.2, 0.25) is 0 Å². The molecule has 3 aromatic rings. The monoisotopic (exact) mass is 560 g/mol. The minimum absolute atomic E-state index is 0.220. The summed E-state index contributed by atoms with van der Waals surface area (Å²) >= 11 is 0. The molecule has 0 aromatic carbocycles. The third kappa shape index (κ3) is 6.04. The molecule has 1 aliphatic heterocycles. The van der Waals surface area contributed by atoms with Gasteiger partial charge in [-0.25, -0.2) is 9.67 Å². The van der Waals surface area contributed by atoms with Crippen LogP contribution in [0.4, 0.5) is 5.69 Å². The fourth-order valence-corrected chi connectivity index (χ4v) is 5.91. The summed E-state index contributed by atoms with van der Waals surface area (Å²) in [6, 6.07) is 8.03. The van der Waals surface area contributed by atoms with E-state index in [1.165, 1.54) is 0 Å². The molecule has 10 heteroatoms. The number of hydrogen-bond donors (Lipinski definition) is 1. The van der Waals surface area contributed by atoms with E-state index < -0.39 is 5.41 Å².